The molecule has 2 heterocycles. The molecule has 14 heavy (non-hydrogen) atoms. The van der Waals surface area contributed by atoms with Crippen LogP contribution < -0.4 is 5.32 Å². The van der Waals surface area contributed by atoms with Gasteiger partial charge in [-0.05, 0) is 12.8 Å². The molecule has 0 spiro atoms. The number of ether oxygens (including phenoxy) is 1. The van der Waals surface area contributed by atoms with Crippen LogP contribution in [0.25, 0.3) is 0 Å². The lowest BCUT2D eigenvalue weighted by Gasteiger charge is -2.22. The number of aromatic nitrogens is 3. The second-order valence-corrected chi connectivity index (χ2v) is 3.52. The highest BCUT2D eigenvalue weighted by Gasteiger charge is 2.12. The number of nitrogens with zero attached hydrogens (tertiary/aromatic N) is 2. The Hall–Kier alpha value is -0.940. The van der Waals surface area contributed by atoms with Crippen LogP contribution in [-0.4, -0.2) is 41.0 Å². The molecule has 5 heteroatoms. The van der Waals surface area contributed by atoms with Crippen LogP contribution in [0.15, 0.2) is 6.33 Å². The summed E-state index contributed by atoms with van der Waals surface area (Å²) < 4.78 is 5.28. The third-order valence-electron chi connectivity index (χ3n) is 2.48. The van der Waals surface area contributed by atoms with Crippen LogP contribution in [0.4, 0.5) is 0 Å². The molecule has 0 radical (unpaired) electrons. The van der Waals surface area contributed by atoms with Crippen molar-refractivity contribution in [2.75, 3.05) is 19.8 Å². The molecule has 2 N–H and O–H groups in total. The molecule has 0 aliphatic carbocycles. The first-order valence-electron chi connectivity index (χ1n) is 5.10. The van der Waals surface area contributed by atoms with E-state index in [-0.39, 0.29) is 0 Å². The van der Waals surface area contributed by atoms with Crippen molar-refractivity contribution in [2.24, 2.45) is 0 Å². The van der Waals surface area contributed by atoms with Crippen molar-refractivity contribution in [2.45, 2.75) is 25.3 Å². The quantitative estimate of drug-likeness (QED) is 0.717. The summed E-state index contributed by atoms with van der Waals surface area (Å²) in [7, 11) is 0. The highest BCUT2D eigenvalue weighted by Crippen LogP contribution is 2.05. The molecule has 0 amide bonds. The zero-order valence-corrected chi connectivity index (χ0v) is 8.20. The van der Waals surface area contributed by atoms with Gasteiger partial charge in [-0.2, -0.15) is 5.10 Å². The first-order valence-corrected chi connectivity index (χ1v) is 5.10. The van der Waals surface area contributed by atoms with Gasteiger partial charge in [0.05, 0.1) is 0 Å². The topological polar surface area (TPSA) is 62.8 Å². The van der Waals surface area contributed by atoms with Crippen molar-refractivity contribution >= 4 is 0 Å². The Morgan fingerprint density at radius 2 is 2.36 bits per heavy atom. The molecule has 5 nitrogen and oxygen atoms in total. The first-order chi connectivity index (χ1) is 6.95. The first kappa shape index (κ1) is 9.61. The fourth-order valence-corrected chi connectivity index (χ4v) is 1.65. The highest BCUT2D eigenvalue weighted by atomic mass is 16.5. The molecule has 1 aromatic heterocycles. The van der Waals surface area contributed by atoms with E-state index in [4.69, 9.17) is 4.74 Å². The van der Waals surface area contributed by atoms with E-state index in [0.29, 0.717) is 6.04 Å². The Balaban J connectivity index is 1.62. The molecule has 1 aliphatic rings. The number of hydrogen-bond acceptors (Lipinski definition) is 4. The molecule has 0 aromatic carbocycles. The third-order valence-corrected chi connectivity index (χ3v) is 2.48. The van der Waals surface area contributed by atoms with Crippen molar-refractivity contribution in [1.82, 2.24) is 20.5 Å². The predicted octanol–water partition coefficient (Wildman–Crippen LogP) is 0.116. The molecule has 0 atom stereocenters. The predicted molar refractivity (Wildman–Crippen MR) is 51.9 cm³/mol. The molecule has 78 valence electrons. The van der Waals surface area contributed by atoms with Gasteiger partial charge in [-0.1, -0.05) is 0 Å². The average molecular weight is 196 g/mol. The SMILES string of the molecule is c1n[nH]c(CCNC2CCOCC2)n1. The Morgan fingerprint density at radius 3 is 3.07 bits per heavy atom. The van der Waals surface area contributed by atoms with Gasteiger partial charge >= 0.3 is 0 Å². The highest BCUT2D eigenvalue weighted by molar-refractivity contribution is 4.81. The van der Waals surface area contributed by atoms with Gasteiger partial charge in [-0.15, -0.1) is 0 Å². The maximum absolute atomic E-state index is 5.28. The third kappa shape index (κ3) is 2.78. The summed E-state index contributed by atoms with van der Waals surface area (Å²) in [6.45, 7) is 2.74. The van der Waals surface area contributed by atoms with E-state index in [1.807, 2.05) is 0 Å². The summed E-state index contributed by atoms with van der Waals surface area (Å²) >= 11 is 0. The van der Waals surface area contributed by atoms with Crippen molar-refractivity contribution in [1.29, 1.82) is 0 Å². The van der Waals surface area contributed by atoms with Crippen LogP contribution in [0.2, 0.25) is 0 Å². The minimum absolute atomic E-state index is 0.617. The zero-order valence-electron chi connectivity index (χ0n) is 8.20. The largest absolute Gasteiger partial charge is 0.381 e. The molecule has 0 bridgehead atoms. The van der Waals surface area contributed by atoms with Gasteiger partial charge in [-0.3, -0.25) is 5.10 Å². The van der Waals surface area contributed by atoms with Crippen LogP contribution in [0, 0.1) is 0 Å². The van der Waals surface area contributed by atoms with Crippen molar-refractivity contribution in [3.63, 3.8) is 0 Å². The van der Waals surface area contributed by atoms with E-state index < -0.39 is 0 Å². The zero-order chi connectivity index (χ0) is 9.64. The Kier molecular flexibility index (Phi) is 3.48. The lowest BCUT2D eigenvalue weighted by atomic mass is 10.1. The summed E-state index contributed by atoms with van der Waals surface area (Å²) in [5.41, 5.74) is 0. The maximum Gasteiger partial charge on any atom is 0.137 e. The van der Waals surface area contributed by atoms with Crippen LogP contribution in [-0.2, 0) is 11.2 Å². The van der Waals surface area contributed by atoms with Gasteiger partial charge in [0.25, 0.3) is 0 Å². The van der Waals surface area contributed by atoms with Crippen LogP contribution in [0.5, 0.6) is 0 Å². The van der Waals surface area contributed by atoms with E-state index in [1.54, 1.807) is 6.33 Å². The van der Waals surface area contributed by atoms with Crippen LogP contribution in [0.1, 0.15) is 18.7 Å². The van der Waals surface area contributed by atoms with Gasteiger partial charge < -0.3 is 10.1 Å². The van der Waals surface area contributed by atoms with Crippen molar-refractivity contribution < 1.29 is 4.74 Å². The van der Waals surface area contributed by atoms with Gasteiger partial charge in [-0.25, -0.2) is 4.98 Å². The number of hydrogen-bond donors (Lipinski definition) is 2. The number of H-pyrrole nitrogens is 1. The van der Waals surface area contributed by atoms with Gasteiger partial charge in [0.1, 0.15) is 12.2 Å². The minimum Gasteiger partial charge on any atom is -0.381 e. The molecule has 0 unspecified atom stereocenters. The second-order valence-electron chi connectivity index (χ2n) is 3.52. The van der Waals surface area contributed by atoms with Crippen LogP contribution >= 0.6 is 0 Å². The smallest absolute Gasteiger partial charge is 0.137 e. The van der Waals surface area contributed by atoms with E-state index in [1.165, 1.54) is 0 Å². The molecule has 1 aromatic rings. The summed E-state index contributed by atoms with van der Waals surface area (Å²) in [5.74, 6) is 0.949. The fraction of sp³-hybridized carbons (Fsp3) is 0.778. The second kappa shape index (κ2) is 5.07. The molecular formula is C9H16N4O. The lowest BCUT2D eigenvalue weighted by Crippen LogP contribution is -2.36. The summed E-state index contributed by atoms with van der Waals surface area (Å²) in [5, 5.41) is 10.1. The fourth-order valence-electron chi connectivity index (χ4n) is 1.65. The standard InChI is InChI=1S/C9H16N4O/c1(9-11-7-12-13-9)4-10-8-2-5-14-6-3-8/h7-8,10H,1-6H2,(H,11,12,13). The van der Waals surface area contributed by atoms with E-state index >= 15 is 0 Å². The normalized spacial score (nSPS) is 18.6. The summed E-state index contributed by atoms with van der Waals surface area (Å²) in [6.07, 6.45) is 4.70. The Labute approximate surface area is 83.3 Å². The molecule has 1 fully saturated rings. The van der Waals surface area contributed by atoms with Gasteiger partial charge in [0.2, 0.25) is 0 Å². The lowest BCUT2D eigenvalue weighted by molar-refractivity contribution is 0.0782. The molecule has 1 aliphatic heterocycles. The molecule has 1 saturated heterocycles. The maximum atomic E-state index is 5.28. The Bertz CT molecular complexity index is 243. The van der Waals surface area contributed by atoms with Crippen LogP contribution in [0.3, 0.4) is 0 Å². The summed E-state index contributed by atoms with van der Waals surface area (Å²) in [6, 6.07) is 0.617. The summed E-state index contributed by atoms with van der Waals surface area (Å²) in [4.78, 5) is 4.07. The van der Waals surface area contributed by atoms with E-state index in [2.05, 4.69) is 20.5 Å². The number of rotatable bonds is 4. The number of aromatic amines is 1. The van der Waals surface area contributed by atoms with Gasteiger partial charge in [0.15, 0.2) is 0 Å². The molecule has 2 rings (SSSR count). The number of nitrogens with one attached hydrogen (secondary N) is 2. The average Bonchev–Trinajstić information content (AvgIpc) is 2.72. The molecule has 0 saturated carbocycles. The Morgan fingerprint density at radius 1 is 1.50 bits per heavy atom. The van der Waals surface area contributed by atoms with E-state index in [9.17, 15) is 0 Å². The van der Waals surface area contributed by atoms with Gasteiger partial charge in [0, 0.05) is 32.2 Å². The van der Waals surface area contributed by atoms with E-state index in [0.717, 1.165) is 44.8 Å². The van der Waals surface area contributed by atoms with Crippen molar-refractivity contribution in [3.05, 3.63) is 12.2 Å². The molecular weight excluding hydrogens is 180 g/mol. The minimum atomic E-state index is 0.617. The van der Waals surface area contributed by atoms with Crippen molar-refractivity contribution in [3.8, 4) is 0 Å². The monoisotopic (exact) mass is 196 g/mol.